The van der Waals surface area contributed by atoms with E-state index in [1.165, 1.54) is 4.52 Å². The number of carbonyl (C=O) groups is 1. The smallest absolute Gasteiger partial charge is 0.251 e. The number of nitrogens with zero attached hydrogens (tertiary/aromatic N) is 6. The van der Waals surface area contributed by atoms with Gasteiger partial charge in [0.25, 0.3) is 5.91 Å². The van der Waals surface area contributed by atoms with E-state index in [-0.39, 0.29) is 24.0 Å². The van der Waals surface area contributed by atoms with Gasteiger partial charge in [-0.15, -0.1) is 5.10 Å². The number of amides is 1. The first-order chi connectivity index (χ1) is 11.6. The molecule has 24 heavy (non-hydrogen) atoms. The van der Waals surface area contributed by atoms with Crippen LogP contribution in [0.1, 0.15) is 34.8 Å². The molecule has 0 saturated heterocycles. The lowest BCUT2D eigenvalue weighted by atomic mass is 9.75. The molecule has 1 aliphatic carbocycles. The van der Waals surface area contributed by atoms with Crippen LogP contribution in [0.5, 0.6) is 0 Å². The van der Waals surface area contributed by atoms with Gasteiger partial charge in [0, 0.05) is 30.6 Å². The lowest BCUT2D eigenvalue weighted by molar-refractivity contribution is 0.0235. The molecule has 2 N–H and O–H groups in total. The quantitative estimate of drug-likeness (QED) is 0.703. The molecule has 0 aliphatic heterocycles. The number of hydrogen-bond donors (Lipinski definition) is 2. The first-order valence-electron chi connectivity index (χ1n) is 7.75. The Hall–Kier alpha value is -2.81. The molecule has 4 rings (SSSR count). The molecule has 0 aromatic carbocycles. The van der Waals surface area contributed by atoms with Crippen molar-refractivity contribution in [2.75, 3.05) is 0 Å². The maximum Gasteiger partial charge on any atom is 0.251 e. The van der Waals surface area contributed by atoms with Crippen LogP contribution in [-0.2, 0) is 7.05 Å². The first kappa shape index (κ1) is 14.8. The first-order valence-corrected chi connectivity index (χ1v) is 7.75. The minimum absolute atomic E-state index is 0.179. The zero-order chi connectivity index (χ0) is 16.7. The van der Waals surface area contributed by atoms with Gasteiger partial charge >= 0.3 is 0 Å². The second-order valence-corrected chi connectivity index (χ2v) is 6.18. The molecule has 1 aliphatic rings. The van der Waals surface area contributed by atoms with E-state index in [2.05, 4.69) is 25.9 Å². The van der Waals surface area contributed by atoms with Crippen LogP contribution in [0, 0.1) is 5.92 Å². The summed E-state index contributed by atoms with van der Waals surface area (Å²) >= 11 is 0. The Morgan fingerprint density at radius 3 is 3.00 bits per heavy atom. The number of hydrogen-bond acceptors (Lipinski definition) is 6. The maximum atomic E-state index is 12.6. The van der Waals surface area contributed by atoms with Crippen LogP contribution >= 0.6 is 0 Å². The van der Waals surface area contributed by atoms with Gasteiger partial charge in [0.15, 0.2) is 5.65 Å². The molecule has 3 aromatic rings. The van der Waals surface area contributed by atoms with Gasteiger partial charge in [-0.05, 0) is 41.3 Å². The van der Waals surface area contributed by atoms with Crippen molar-refractivity contribution in [3.8, 4) is 0 Å². The number of aryl methyl sites for hydroxylation is 1. The second-order valence-electron chi connectivity index (χ2n) is 6.18. The number of aliphatic hydroxyl groups excluding tert-OH is 1. The van der Waals surface area contributed by atoms with Crippen molar-refractivity contribution >= 4 is 11.6 Å². The minimum Gasteiger partial charge on any atom is -0.393 e. The molecular formula is C15H17N7O2. The van der Waals surface area contributed by atoms with Gasteiger partial charge in [0.05, 0.1) is 18.3 Å². The summed E-state index contributed by atoms with van der Waals surface area (Å²) in [6.45, 7) is 0. The van der Waals surface area contributed by atoms with E-state index in [0.717, 1.165) is 5.56 Å². The Bertz CT molecular complexity index is 881. The summed E-state index contributed by atoms with van der Waals surface area (Å²) < 4.78 is 3.20. The van der Waals surface area contributed by atoms with Gasteiger partial charge in [0.2, 0.25) is 0 Å². The Balaban J connectivity index is 1.58. The predicted molar refractivity (Wildman–Crippen MR) is 82.9 cm³/mol. The second kappa shape index (κ2) is 5.68. The van der Waals surface area contributed by atoms with E-state index < -0.39 is 0 Å². The Kier molecular flexibility index (Phi) is 3.49. The summed E-state index contributed by atoms with van der Waals surface area (Å²) in [6, 6.07) is 3.14. The van der Waals surface area contributed by atoms with Crippen molar-refractivity contribution in [1.82, 2.24) is 35.1 Å². The summed E-state index contributed by atoms with van der Waals surface area (Å²) in [5, 5.41) is 28.0. The lowest BCUT2D eigenvalue weighted by Crippen LogP contribution is -2.41. The third kappa shape index (κ3) is 2.62. The molecule has 1 fully saturated rings. The van der Waals surface area contributed by atoms with Crippen LogP contribution < -0.4 is 5.32 Å². The average molecular weight is 327 g/mol. The van der Waals surface area contributed by atoms with Gasteiger partial charge in [-0.1, -0.05) is 0 Å². The molecule has 3 heterocycles. The van der Waals surface area contributed by atoms with Crippen LogP contribution in [0.15, 0.2) is 30.7 Å². The molecule has 3 aromatic heterocycles. The summed E-state index contributed by atoms with van der Waals surface area (Å²) in [5.41, 5.74) is 1.94. The number of rotatable bonds is 4. The Morgan fingerprint density at radius 2 is 2.29 bits per heavy atom. The van der Waals surface area contributed by atoms with E-state index >= 15 is 0 Å². The molecule has 0 radical (unpaired) electrons. The summed E-state index contributed by atoms with van der Waals surface area (Å²) in [5.74, 6) is 0.00221. The van der Waals surface area contributed by atoms with Crippen molar-refractivity contribution in [2.24, 2.45) is 13.0 Å². The highest BCUT2D eigenvalue weighted by molar-refractivity contribution is 5.95. The fourth-order valence-electron chi connectivity index (χ4n) is 3.08. The lowest BCUT2D eigenvalue weighted by Gasteiger charge is -2.37. The fourth-order valence-corrected chi connectivity index (χ4v) is 3.08. The zero-order valence-corrected chi connectivity index (χ0v) is 13.1. The molecule has 0 bridgehead atoms. The number of fused-ring (bicyclic) bond motifs is 1. The van der Waals surface area contributed by atoms with E-state index in [4.69, 9.17) is 0 Å². The summed E-state index contributed by atoms with van der Waals surface area (Å²) in [4.78, 5) is 12.6. The van der Waals surface area contributed by atoms with E-state index in [0.29, 0.717) is 24.1 Å². The molecule has 0 unspecified atom stereocenters. The number of aromatic nitrogens is 6. The predicted octanol–water partition coefficient (Wildman–Crippen LogP) is 0.0998. The normalized spacial score (nSPS) is 21.4. The highest BCUT2D eigenvalue weighted by Gasteiger charge is 2.36. The third-order valence-corrected chi connectivity index (χ3v) is 4.45. The number of pyridine rings is 1. The fraction of sp³-hybridized carbons (Fsp3) is 0.400. The monoisotopic (exact) mass is 327 g/mol. The molecule has 1 saturated carbocycles. The van der Waals surface area contributed by atoms with Crippen LogP contribution in [0.4, 0.5) is 0 Å². The molecule has 9 nitrogen and oxygen atoms in total. The highest BCUT2D eigenvalue weighted by atomic mass is 16.3. The standard InChI is InChI=1S/C15H17N7O2/c1-21-8-11(7-16-21)14(10-4-12(23)5-10)17-15(24)9-2-3-22-13(6-9)18-19-20-22/h2-3,6-8,10,12,14,23H,4-5H2,1H3,(H,17,24)/t10?,12?,14-/m1/s1. The number of tetrazole rings is 1. The number of carbonyl (C=O) groups excluding carboxylic acids is 1. The Labute approximate surface area is 137 Å². The minimum atomic E-state index is -0.288. The van der Waals surface area contributed by atoms with Crippen LogP contribution in [0.25, 0.3) is 5.65 Å². The SMILES string of the molecule is Cn1cc([C@H](NC(=O)c2ccn3nnnc3c2)C2CC(O)C2)cn1. The third-order valence-electron chi connectivity index (χ3n) is 4.45. The van der Waals surface area contributed by atoms with Crippen LogP contribution in [-0.4, -0.2) is 46.9 Å². The van der Waals surface area contributed by atoms with Crippen molar-refractivity contribution < 1.29 is 9.90 Å². The van der Waals surface area contributed by atoms with Crippen molar-refractivity contribution in [3.05, 3.63) is 41.9 Å². The summed E-state index contributed by atoms with van der Waals surface area (Å²) in [6.07, 6.45) is 6.35. The van der Waals surface area contributed by atoms with Gasteiger partial charge < -0.3 is 10.4 Å². The largest absolute Gasteiger partial charge is 0.393 e. The topological polar surface area (TPSA) is 110 Å². The highest BCUT2D eigenvalue weighted by Crippen LogP contribution is 2.38. The van der Waals surface area contributed by atoms with E-state index in [9.17, 15) is 9.90 Å². The van der Waals surface area contributed by atoms with Gasteiger partial charge in [-0.25, -0.2) is 4.52 Å². The van der Waals surface area contributed by atoms with Crippen molar-refractivity contribution in [2.45, 2.75) is 25.0 Å². The molecular weight excluding hydrogens is 310 g/mol. The zero-order valence-electron chi connectivity index (χ0n) is 13.1. The van der Waals surface area contributed by atoms with Crippen LogP contribution in [0.2, 0.25) is 0 Å². The maximum absolute atomic E-state index is 12.6. The molecule has 9 heteroatoms. The molecule has 124 valence electrons. The molecule has 1 atom stereocenters. The van der Waals surface area contributed by atoms with Crippen molar-refractivity contribution in [1.29, 1.82) is 0 Å². The van der Waals surface area contributed by atoms with Gasteiger partial charge in [0.1, 0.15) is 0 Å². The molecule has 1 amide bonds. The molecule has 0 spiro atoms. The van der Waals surface area contributed by atoms with Gasteiger partial charge in [-0.2, -0.15) is 5.10 Å². The Morgan fingerprint density at radius 1 is 1.46 bits per heavy atom. The van der Waals surface area contributed by atoms with Crippen molar-refractivity contribution in [3.63, 3.8) is 0 Å². The van der Waals surface area contributed by atoms with E-state index in [1.54, 1.807) is 29.2 Å². The summed E-state index contributed by atoms with van der Waals surface area (Å²) in [7, 11) is 1.84. The van der Waals surface area contributed by atoms with Gasteiger partial charge in [-0.3, -0.25) is 9.48 Å². The van der Waals surface area contributed by atoms with E-state index in [1.807, 2.05) is 13.2 Å². The van der Waals surface area contributed by atoms with Crippen LogP contribution in [0.3, 0.4) is 0 Å². The number of aliphatic hydroxyl groups is 1. The average Bonchev–Trinajstić information content (AvgIpc) is 3.17. The number of nitrogens with one attached hydrogen (secondary N) is 1.